The van der Waals surface area contributed by atoms with Gasteiger partial charge >= 0.3 is 0 Å². The van der Waals surface area contributed by atoms with E-state index in [1.54, 1.807) is 11.3 Å². The van der Waals surface area contributed by atoms with Crippen molar-refractivity contribution in [3.05, 3.63) is 40.4 Å². The van der Waals surface area contributed by atoms with Gasteiger partial charge in [-0.2, -0.15) is 0 Å². The SMILES string of the molecule is CCNC1c2ccccc2CCC1Sc1nnc(C)s1. The minimum Gasteiger partial charge on any atom is -0.309 e. The van der Waals surface area contributed by atoms with E-state index in [0.29, 0.717) is 11.3 Å². The smallest absolute Gasteiger partial charge is 0.174 e. The molecular weight excluding hydrogens is 286 g/mol. The number of rotatable bonds is 4. The van der Waals surface area contributed by atoms with Gasteiger partial charge in [0.2, 0.25) is 0 Å². The van der Waals surface area contributed by atoms with E-state index in [9.17, 15) is 0 Å². The zero-order valence-corrected chi connectivity index (χ0v) is 13.4. The van der Waals surface area contributed by atoms with Crippen molar-refractivity contribution in [2.24, 2.45) is 0 Å². The number of hydrogen-bond donors (Lipinski definition) is 1. The molecule has 1 aromatic heterocycles. The topological polar surface area (TPSA) is 37.8 Å². The highest BCUT2D eigenvalue weighted by atomic mass is 32.2. The van der Waals surface area contributed by atoms with Gasteiger partial charge < -0.3 is 5.32 Å². The van der Waals surface area contributed by atoms with Crippen molar-refractivity contribution < 1.29 is 0 Å². The van der Waals surface area contributed by atoms with Crippen LogP contribution in [0.15, 0.2) is 28.6 Å². The molecule has 0 radical (unpaired) electrons. The first-order valence-electron chi connectivity index (χ1n) is 7.06. The lowest BCUT2D eigenvalue weighted by Gasteiger charge is -2.33. The van der Waals surface area contributed by atoms with E-state index < -0.39 is 0 Å². The standard InChI is InChI=1S/C15H19N3S2/c1-3-16-14-12-7-5-4-6-11(12)8-9-13(14)20-15-18-17-10(2)19-15/h4-7,13-14,16H,3,8-9H2,1-2H3. The average molecular weight is 305 g/mol. The summed E-state index contributed by atoms with van der Waals surface area (Å²) in [5.74, 6) is 0. The second-order valence-corrected chi connectivity index (χ2v) is 7.68. The predicted octanol–water partition coefficient (Wildman–Crippen LogP) is 3.60. The maximum atomic E-state index is 4.26. The third kappa shape index (κ3) is 2.90. The lowest BCUT2D eigenvalue weighted by molar-refractivity contribution is 0.484. The monoisotopic (exact) mass is 305 g/mol. The second kappa shape index (κ2) is 6.24. The number of nitrogens with zero attached hydrogens (tertiary/aromatic N) is 2. The van der Waals surface area contributed by atoms with Crippen LogP contribution in [0.1, 0.15) is 35.5 Å². The van der Waals surface area contributed by atoms with Crippen LogP contribution < -0.4 is 5.32 Å². The van der Waals surface area contributed by atoms with Gasteiger partial charge in [0.05, 0.1) is 0 Å². The molecule has 0 saturated heterocycles. The summed E-state index contributed by atoms with van der Waals surface area (Å²) in [6.07, 6.45) is 2.35. The maximum Gasteiger partial charge on any atom is 0.174 e. The zero-order valence-electron chi connectivity index (χ0n) is 11.8. The maximum absolute atomic E-state index is 4.26. The molecule has 0 fully saturated rings. The first-order chi connectivity index (χ1) is 9.78. The minimum absolute atomic E-state index is 0.416. The molecule has 20 heavy (non-hydrogen) atoms. The first kappa shape index (κ1) is 14.0. The molecule has 2 unspecified atom stereocenters. The minimum atomic E-state index is 0.416. The predicted molar refractivity (Wildman–Crippen MR) is 85.5 cm³/mol. The van der Waals surface area contributed by atoms with Gasteiger partial charge in [0.15, 0.2) is 4.34 Å². The van der Waals surface area contributed by atoms with Gasteiger partial charge in [-0.1, -0.05) is 54.3 Å². The molecule has 5 heteroatoms. The van der Waals surface area contributed by atoms with Gasteiger partial charge in [-0.25, -0.2) is 0 Å². The molecule has 1 aliphatic carbocycles. The lowest BCUT2D eigenvalue weighted by atomic mass is 9.87. The number of hydrogen-bond acceptors (Lipinski definition) is 5. The fourth-order valence-electron chi connectivity index (χ4n) is 2.77. The summed E-state index contributed by atoms with van der Waals surface area (Å²) in [4.78, 5) is 0. The van der Waals surface area contributed by atoms with Crippen molar-refractivity contribution in [2.75, 3.05) is 6.54 Å². The van der Waals surface area contributed by atoms with E-state index >= 15 is 0 Å². The Labute approximate surface area is 128 Å². The molecule has 2 atom stereocenters. The number of benzene rings is 1. The molecule has 0 amide bonds. The fraction of sp³-hybridized carbons (Fsp3) is 0.467. The van der Waals surface area contributed by atoms with Crippen molar-refractivity contribution in [1.29, 1.82) is 0 Å². The molecule has 1 heterocycles. The first-order valence-corrected chi connectivity index (χ1v) is 8.75. The highest BCUT2D eigenvalue weighted by Crippen LogP contribution is 2.40. The van der Waals surface area contributed by atoms with Crippen LogP contribution in [0.25, 0.3) is 0 Å². The molecular formula is C15H19N3S2. The zero-order chi connectivity index (χ0) is 13.9. The van der Waals surface area contributed by atoms with Crippen molar-refractivity contribution in [3.63, 3.8) is 0 Å². The van der Waals surface area contributed by atoms with Gasteiger partial charge in [0.25, 0.3) is 0 Å². The molecule has 106 valence electrons. The van der Waals surface area contributed by atoms with Crippen LogP contribution in [0.3, 0.4) is 0 Å². The van der Waals surface area contributed by atoms with Gasteiger partial charge in [-0.3, -0.25) is 0 Å². The van der Waals surface area contributed by atoms with Crippen LogP contribution >= 0.6 is 23.1 Å². The van der Waals surface area contributed by atoms with Gasteiger partial charge in [-0.15, -0.1) is 10.2 Å². The Hall–Kier alpha value is -0.910. The molecule has 0 saturated carbocycles. The van der Waals surface area contributed by atoms with Crippen LogP contribution in [-0.4, -0.2) is 22.0 Å². The van der Waals surface area contributed by atoms with E-state index in [1.807, 2.05) is 18.7 Å². The molecule has 1 aromatic carbocycles. The van der Waals surface area contributed by atoms with E-state index in [4.69, 9.17) is 0 Å². The summed E-state index contributed by atoms with van der Waals surface area (Å²) in [5.41, 5.74) is 2.95. The molecule has 0 bridgehead atoms. The normalized spacial score (nSPS) is 21.7. The largest absolute Gasteiger partial charge is 0.309 e. The number of aryl methyl sites for hydroxylation is 2. The van der Waals surface area contributed by atoms with Gasteiger partial charge in [-0.05, 0) is 37.4 Å². The highest BCUT2D eigenvalue weighted by molar-refractivity contribution is 8.01. The average Bonchev–Trinajstić information content (AvgIpc) is 2.87. The van der Waals surface area contributed by atoms with Crippen molar-refractivity contribution in [1.82, 2.24) is 15.5 Å². The van der Waals surface area contributed by atoms with E-state index in [-0.39, 0.29) is 0 Å². The second-order valence-electron chi connectivity index (χ2n) is 5.02. The molecule has 3 nitrogen and oxygen atoms in total. The van der Waals surface area contributed by atoms with E-state index in [1.165, 1.54) is 17.5 Å². The summed E-state index contributed by atoms with van der Waals surface area (Å²) >= 11 is 3.58. The molecule has 1 N–H and O–H groups in total. The molecule has 2 aromatic rings. The number of thioether (sulfide) groups is 1. The van der Waals surface area contributed by atoms with Crippen molar-refractivity contribution in [3.8, 4) is 0 Å². The summed E-state index contributed by atoms with van der Waals surface area (Å²) in [5, 5.41) is 13.6. The summed E-state index contributed by atoms with van der Waals surface area (Å²) in [6, 6.07) is 9.23. The Morgan fingerprint density at radius 1 is 1.35 bits per heavy atom. The van der Waals surface area contributed by atoms with E-state index in [2.05, 4.69) is 46.7 Å². The van der Waals surface area contributed by atoms with Crippen LogP contribution in [0, 0.1) is 6.92 Å². The van der Waals surface area contributed by atoms with Crippen LogP contribution in [0.2, 0.25) is 0 Å². The number of aromatic nitrogens is 2. The summed E-state index contributed by atoms with van der Waals surface area (Å²) in [6.45, 7) is 5.18. The Balaban J connectivity index is 1.84. The third-order valence-electron chi connectivity index (χ3n) is 3.64. The quantitative estimate of drug-likeness (QED) is 0.936. The molecule has 0 spiro atoms. The van der Waals surface area contributed by atoms with E-state index in [0.717, 1.165) is 22.3 Å². The molecule has 3 rings (SSSR count). The van der Waals surface area contributed by atoms with Crippen molar-refractivity contribution in [2.45, 2.75) is 42.3 Å². The molecule has 1 aliphatic rings. The fourth-order valence-corrected chi connectivity index (χ4v) is 5.08. The summed E-state index contributed by atoms with van der Waals surface area (Å²) < 4.78 is 1.09. The molecule has 0 aliphatic heterocycles. The summed E-state index contributed by atoms with van der Waals surface area (Å²) in [7, 11) is 0. The van der Waals surface area contributed by atoms with Crippen LogP contribution in [0.5, 0.6) is 0 Å². The Bertz CT molecular complexity index is 582. The van der Waals surface area contributed by atoms with Crippen LogP contribution in [0.4, 0.5) is 0 Å². The van der Waals surface area contributed by atoms with Gasteiger partial charge in [0, 0.05) is 11.3 Å². The Kier molecular flexibility index (Phi) is 4.38. The Morgan fingerprint density at radius 3 is 2.95 bits per heavy atom. The Morgan fingerprint density at radius 2 is 2.20 bits per heavy atom. The number of nitrogens with one attached hydrogen (secondary N) is 1. The highest BCUT2D eigenvalue weighted by Gasteiger charge is 2.30. The lowest BCUT2D eigenvalue weighted by Crippen LogP contribution is -2.34. The number of fused-ring (bicyclic) bond motifs is 1. The van der Waals surface area contributed by atoms with Crippen molar-refractivity contribution >= 4 is 23.1 Å². The van der Waals surface area contributed by atoms with Gasteiger partial charge in [0.1, 0.15) is 5.01 Å². The van der Waals surface area contributed by atoms with Crippen LogP contribution in [-0.2, 0) is 6.42 Å². The third-order valence-corrected chi connectivity index (χ3v) is 5.91.